The molecule has 0 spiro atoms. The van der Waals surface area contributed by atoms with Crippen LogP contribution in [-0.4, -0.2) is 107 Å². The summed E-state index contributed by atoms with van der Waals surface area (Å²) in [4.78, 5) is 39.1. The van der Waals surface area contributed by atoms with Crippen LogP contribution < -0.4 is 0 Å². The largest absolute Gasteiger partial charge is 0.353 e. The van der Waals surface area contributed by atoms with E-state index in [-0.39, 0.29) is 0 Å². The number of fused-ring (bicyclic) bond motifs is 4. The summed E-state index contributed by atoms with van der Waals surface area (Å²) < 4.78 is 0. The average Bonchev–Trinajstić information content (AvgIpc) is 3.67. The van der Waals surface area contributed by atoms with E-state index in [4.69, 9.17) is 0 Å². The Hall–Kier alpha value is -4.54. The fraction of sp³-hybridized carbons (Fsp3) is 0.312. The van der Waals surface area contributed by atoms with Crippen molar-refractivity contribution < 1.29 is 0 Å². The number of aliphatic imine (C=N–C) groups is 4. The molecule has 0 atom stereocenters. The summed E-state index contributed by atoms with van der Waals surface area (Å²) in [6.07, 6.45) is 11.2. The zero-order valence-corrected chi connectivity index (χ0v) is 23.9. The van der Waals surface area contributed by atoms with Gasteiger partial charge in [0.05, 0.1) is 60.3 Å². The molecule has 10 nitrogen and oxygen atoms in total. The zero-order valence-electron chi connectivity index (χ0n) is 23.9. The number of rotatable bonds is 4. The lowest BCUT2D eigenvalue weighted by Gasteiger charge is -2.20. The first-order valence-electron chi connectivity index (χ1n) is 14.4. The first kappa shape index (κ1) is 29.0. The molecule has 4 aromatic heterocycles. The molecule has 42 heavy (non-hydrogen) atoms. The maximum Gasteiger partial charge on any atom is 0.0566 e. The smallest absolute Gasteiger partial charge is 0.0566 e. The first-order valence-corrected chi connectivity index (χ1v) is 14.4. The Bertz CT molecular complexity index is 1280. The molecule has 2 N–H and O–H groups in total. The predicted molar refractivity (Wildman–Crippen MR) is 170 cm³/mol. The summed E-state index contributed by atoms with van der Waals surface area (Å²) in [7, 11) is 0. The number of hydrogen-bond acceptors (Lipinski definition) is 8. The summed E-state index contributed by atoms with van der Waals surface area (Å²) in [6.45, 7) is 7.52. The summed E-state index contributed by atoms with van der Waals surface area (Å²) in [5.74, 6) is 0. The van der Waals surface area contributed by atoms with Crippen molar-refractivity contribution in [3.05, 3.63) is 107 Å². The molecule has 4 aromatic rings. The number of H-pyrrole nitrogens is 2. The van der Waals surface area contributed by atoms with Crippen LogP contribution in [-0.2, 0) is 13.1 Å². The summed E-state index contributed by atoms with van der Waals surface area (Å²) in [5, 5.41) is 0. The second kappa shape index (κ2) is 16.0. The van der Waals surface area contributed by atoms with Crippen molar-refractivity contribution in [3.8, 4) is 0 Å². The molecule has 4 bridgehead atoms. The Morgan fingerprint density at radius 2 is 0.833 bits per heavy atom. The normalized spacial score (nSPS) is 16.4. The van der Waals surface area contributed by atoms with Gasteiger partial charge in [0.1, 0.15) is 0 Å². The molecule has 10 heteroatoms. The quantitative estimate of drug-likeness (QED) is 0.396. The predicted octanol–water partition coefficient (Wildman–Crippen LogP) is 3.53. The third-order valence-corrected chi connectivity index (χ3v) is 6.79. The van der Waals surface area contributed by atoms with Crippen molar-refractivity contribution in [2.24, 2.45) is 20.0 Å². The highest BCUT2D eigenvalue weighted by atomic mass is 15.2. The zero-order chi connectivity index (χ0) is 28.7. The van der Waals surface area contributed by atoms with E-state index in [1.54, 1.807) is 0 Å². The van der Waals surface area contributed by atoms with E-state index in [1.165, 1.54) is 0 Å². The van der Waals surface area contributed by atoms with Crippen LogP contribution >= 0.6 is 0 Å². The van der Waals surface area contributed by atoms with Gasteiger partial charge in [-0.1, -0.05) is 12.1 Å². The van der Waals surface area contributed by atoms with Gasteiger partial charge in [0.15, 0.2) is 0 Å². The van der Waals surface area contributed by atoms with Crippen LogP contribution in [0, 0.1) is 0 Å². The lowest BCUT2D eigenvalue weighted by Crippen LogP contribution is -2.29. The van der Waals surface area contributed by atoms with Gasteiger partial charge in [-0.3, -0.25) is 39.7 Å². The molecule has 1 aliphatic rings. The minimum atomic E-state index is 0.685. The molecule has 5 rings (SSSR count). The number of nitrogens with one attached hydrogen (secondary N) is 2. The van der Waals surface area contributed by atoms with E-state index in [1.807, 2.05) is 85.8 Å². The third-order valence-electron chi connectivity index (χ3n) is 6.79. The van der Waals surface area contributed by atoms with Crippen molar-refractivity contribution in [1.29, 1.82) is 0 Å². The van der Waals surface area contributed by atoms with Crippen LogP contribution in [0.25, 0.3) is 0 Å². The van der Waals surface area contributed by atoms with Crippen molar-refractivity contribution in [1.82, 2.24) is 29.7 Å². The van der Waals surface area contributed by atoms with Crippen LogP contribution in [0.2, 0.25) is 0 Å². The van der Waals surface area contributed by atoms with Crippen molar-refractivity contribution in [2.45, 2.75) is 13.1 Å². The maximum absolute atomic E-state index is 4.67. The molecule has 216 valence electrons. The molecule has 0 saturated heterocycles. The monoisotopic (exact) mass is 562 g/mol. The van der Waals surface area contributed by atoms with Gasteiger partial charge in [0.25, 0.3) is 0 Å². The van der Waals surface area contributed by atoms with Crippen LogP contribution in [0.1, 0.15) is 34.2 Å². The lowest BCUT2D eigenvalue weighted by atomic mass is 10.3. The Balaban J connectivity index is 1.26. The Labute approximate surface area is 247 Å². The number of hydrogen-bond donors (Lipinski definition) is 2. The van der Waals surface area contributed by atoms with Crippen LogP contribution in [0.5, 0.6) is 0 Å². The molecule has 0 aromatic carbocycles. The van der Waals surface area contributed by atoms with Crippen LogP contribution in [0.3, 0.4) is 0 Å². The van der Waals surface area contributed by atoms with E-state index < -0.39 is 0 Å². The highest BCUT2D eigenvalue weighted by molar-refractivity contribution is 5.83. The van der Waals surface area contributed by atoms with Crippen molar-refractivity contribution in [3.63, 3.8) is 0 Å². The number of aromatic nitrogens is 4. The highest BCUT2D eigenvalue weighted by Gasteiger charge is 2.08. The van der Waals surface area contributed by atoms with Crippen LogP contribution in [0.4, 0.5) is 0 Å². The molecular weight excluding hydrogens is 524 g/mol. The number of aromatic amines is 2. The molecule has 0 amide bonds. The van der Waals surface area contributed by atoms with E-state index >= 15 is 0 Å². The molecule has 0 unspecified atom stereocenters. The number of nitrogens with zero attached hydrogens (tertiary/aromatic N) is 8. The fourth-order valence-electron chi connectivity index (χ4n) is 4.59. The molecule has 1 aliphatic heterocycles. The molecule has 0 aliphatic carbocycles. The van der Waals surface area contributed by atoms with E-state index in [0.717, 1.165) is 73.4 Å². The fourth-order valence-corrected chi connectivity index (χ4v) is 4.59. The topological polar surface area (TPSA) is 113 Å². The SMILES string of the molecule is C1=NCCN(Cc2ccccn2)CCN=Cc2ccc([nH]2)C=NCCN(Cc2ccccn2)CCN=Cc2ccc1[nH]2. The summed E-state index contributed by atoms with van der Waals surface area (Å²) in [5.41, 5.74) is 5.94. The molecule has 0 saturated carbocycles. The Morgan fingerprint density at radius 1 is 0.476 bits per heavy atom. The van der Waals surface area contributed by atoms with Gasteiger partial charge in [-0.2, -0.15) is 0 Å². The van der Waals surface area contributed by atoms with Gasteiger partial charge in [0, 0.05) is 76.5 Å². The van der Waals surface area contributed by atoms with Gasteiger partial charge in [-0.05, 0) is 48.5 Å². The molecular formula is C32H38N10. The van der Waals surface area contributed by atoms with Crippen LogP contribution in [0.15, 0.2) is 93.0 Å². The van der Waals surface area contributed by atoms with E-state index in [2.05, 4.69) is 61.8 Å². The van der Waals surface area contributed by atoms with E-state index in [9.17, 15) is 0 Å². The first-order chi connectivity index (χ1) is 20.8. The summed E-state index contributed by atoms with van der Waals surface area (Å²) >= 11 is 0. The van der Waals surface area contributed by atoms with Gasteiger partial charge < -0.3 is 9.97 Å². The van der Waals surface area contributed by atoms with Crippen molar-refractivity contribution in [2.75, 3.05) is 52.4 Å². The van der Waals surface area contributed by atoms with Gasteiger partial charge >= 0.3 is 0 Å². The number of pyridine rings is 2. The Kier molecular flexibility index (Phi) is 11.1. The van der Waals surface area contributed by atoms with Gasteiger partial charge in [-0.25, -0.2) is 0 Å². The van der Waals surface area contributed by atoms with Crippen molar-refractivity contribution >= 4 is 24.9 Å². The molecule has 0 radical (unpaired) electrons. The van der Waals surface area contributed by atoms with E-state index in [0.29, 0.717) is 26.2 Å². The summed E-state index contributed by atoms with van der Waals surface area (Å²) in [6, 6.07) is 20.2. The van der Waals surface area contributed by atoms with Gasteiger partial charge in [-0.15, -0.1) is 0 Å². The minimum Gasteiger partial charge on any atom is -0.353 e. The Morgan fingerprint density at radius 3 is 1.14 bits per heavy atom. The maximum atomic E-state index is 4.67. The average molecular weight is 563 g/mol. The highest BCUT2D eigenvalue weighted by Crippen LogP contribution is 2.04. The third kappa shape index (κ3) is 9.83. The van der Waals surface area contributed by atoms with Gasteiger partial charge in [0.2, 0.25) is 0 Å². The standard InChI is InChI=1S/C32H38N10/c1-3-11-37-31(5-1)25-41-17-13-33-21-27-7-9-29(39-27)23-35-15-19-42(26-32-6-2-4-12-38-32)20-16-36-24-30-10-8-28(40-30)22-34-14-18-41/h1-12,21-24,39-40H,13-20,25-26H2. The second-order valence-electron chi connectivity index (χ2n) is 10.1. The minimum absolute atomic E-state index is 0.685. The second-order valence-corrected chi connectivity index (χ2v) is 10.1. The lowest BCUT2D eigenvalue weighted by molar-refractivity contribution is 0.278. The molecule has 5 heterocycles. The molecule has 0 fully saturated rings.